The molecule has 0 aliphatic carbocycles. The van der Waals surface area contributed by atoms with Gasteiger partial charge in [0.05, 0.1) is 6.61 Å². The molecule has 0 spiro atoms. The van der Waals surface area contributed by atoms with Gasteiger partial charge in [-0.1, -0.05) is 19.9 Å². The molecule has 1 rings (SSSR count). The van der Waals surface area contributed by atoms with Gasteiger partial charge in [-0.05, 0) is 30.0 Å². The monoisotopic (exact) mass is 224 g/mol. The van der Waals surface area contributed by atoms with Crippen LogP contribution in [0.15, 0.2) is 18.2 Å². The molecule has 0 heterocycles. The Hall–Kier alpha value is -1.38. The minimum absolute atomic E-state index is 0.258. The Morgan fingerprint density at radius 2 is 2.12 bits per heavy atom. The van der Waals surface area contributed by atoms with E-state index in [0.717, 1.165) is 11.8 Å². The molecule has 0 atom stereocenters. The molecule has 0 saturated heterocycles. The topological polar surface area (TPSA) is 26.3 Å². The predicted octanol–water partition coefficient (Wildman–Crippen LogP) is 3.09. The smallest absolute Gasteiger partial charge is 0.165 e. The number of carbonyl (C=O) groups excluding carboxylic acids is 1. The summed E-state index contributed by atoms with van der Waals surface area (Å²) in [6.07, 6.45) is 1.23. The fourth-order valence-corrected chi connectivity index (χ4v) is 1.52. The number of halogens is 1. The van der Waals surface area contributed by atoms with Crippen LogP contribution in [-0.2, 0) is 10.2 Å². The number of rotatable bonds is 5. The molecule has 0 radical (unpaired) electrons. The number of aldehydes is 1. The number of benzene rings is 1. The molecule has 0 amide bonds. The molecule has 0 bridgehead atoms. The van der Waals surface area contributed by atoms with Gasteiger partial charge in [0, 0.05) is 6.42 Å². The van der Waals surface area contributed by atoms with E-state index >= 15 is 0 Å². The van der Waals surface area contributed by atoms with E-state index in [-0.39, 0.29) is 17.0 Å². The van der Waals surface area contributed by atoms with Gasteiger partial charge in [-0.2, -0.15) is 0 Å². The molecule has 0 aliphatic heterocycles. The van der Waals surface area contributed by atoms with E-state index in [0.29, 0.717) is 13.0 Å². The molecule has 0 unspecified atom stereocenters. The Balaban J connectivity index is 3.00. The lowest BCUT2D eigenvalue weighted by Crippen LogP contribution is -2.17. The zero-order chi connectivity index (χ0) is 12.2. The van der Waals surface area contributed by atoms with Crippen LogP contribution in [0.3, 0.4) is 0 Å². The second kappa shape index (κ2) is 5.10. The quantitative estimate of drug-likeness (QED) is 0.718. The third-order valence-electron chi connectivity index (χ3n) is 2.61. The van der Waals surface area contributed by atoms with Crippen molar-refractivity contribution in [2.24, 2.45) is 0 Å². The van der Waals surface area contributed by atoms with Crippen LogP contribution in [0.25, 0.3) is 0 Å². The van der Waals surface area contributed by atoms with Crippen LogP contribution in [0.5, 0.6) is 5.75 Å². The van der Waals surface area contributed by atoms with Crippen LogP contribution in [0, 0.1) is 5.82 Å². The van der Waals surface area contributed by atoms with Crippen molar-refractivity contribution in [3.05, 3.63) is 29.6 Å². The minimum Gasteiger partial charge on any atom is -0.491 e. The van der Waals surface area contributed by atoms with Crippen LogP contribution in [-0.4, -0.2) is 12.9 Å². The molecule has 0 saturated carbocycles. The first kappa shape index (κ1) is 12.7. The molecular formula is C13H17FO2. The van der Waals surface area contributed by atoms with Crippen LogP contribution in [0.1, 0.15) is 32.8 Å². The second-order valence-corrected chi connectivity index (χ2v) is 4.33. The van der Waals surface area contributed by atoms with Gasteiger partial charge in [-0.15, -0.1) is 0 Å². The van der Waals surface area contributed by atoms with Crippen LogP contribution in [0.2, 0.25) is 0 Å². The number of hydrogen-bond acceptors (Lipinski definition) is 2. The summed E-state index contributed by atoms with van der Waals surface area (Å²) in [5.74, 6) is -0.119. The molecular weight excluding hydrogens is 207 g/mol. The standard InChI is InChI=1S/C13H17FO2/c1-4-16-12-6-5-10(9-11(12)14)13(2,3)7-8-15/h5-6,8-9H,4,7H2,1-3H3. The first-order valence-electron chi connectivity index (χ1n) is 5.37. The summed E-state index contributed by atoms with van der Waals surface area (Å²) in [7, 11) is 0. The molecule has 2 nitrogen and oxygen atoms in total. The normalized spacial score (nSPS) is 11.2. The van der Waals surface area contributed by atoms with E-state index in [2.05, 4.69) is 0 Å². The minimum atomic E-state index is -0.377. The maximum absolute atomic E-state index is 13.6. The van der Waals surface area contributed by atoms with E-state index in [4.69, 9.17) is 4.74 Å². The van der Waals surface area contributed by atoms with Gasteiger partial charge in [0.25, 0.3) is 0 Å². The van der Waals surface area contributed by atoms with Crippen LogP contribution < -0.4 is 4.74 Å². The summed E-state index contributed by atoms with van der Waals surface area (Å²) >= 11 is 0. The molecule has 3 heteroatoms. The van der Waals surface area contributed by atoms with Crippen molar-refractivity contribution in [3.63, 3.8) is 0 Å². The van der Waals surface area contributed by atoms with Crippen LogP contribution in [0.4, 0.5) is 4.39 Å². The SMILES string of the molecule is CCOc1ccc(C(C)(C)CC=O)cc1F. The van der Waals surface area contributed by atoms with Crippen molar-refractivity contribution in [1.82, 2.24) is 0 Å². The molecule has 0 aromatic heterocycles. The lowest BCUT2D eigenvalue weighted by atomic mass is 9.82. The lowest BCUT2D eigenvalue weighted by Gasteiger charge is -2.22. The molecule has 0 fully saturated rings. The maximum Gasteiger partial charge on any atom is 0.165 e. The third kappa shape index (κ3) is 2.81. The highest BCUT2D eigenvalue weighted by Gasteiger charge is 2.21. The highest BCUT2D eigenvalue weighted by atomic mass is 19.1. The Bertz CT molecular complexity index is 372. The fourth-order valence-electron chi connectivity index (χ4n) is 1.52. The Labute approximate surface area is 95.4 Å². The Morgan fingerprint density at radius 3 is 2.62 bits per heavy atom. The zero-order valence-corrected chi connectivity index (χ0v) is 9.92. The van der Waals surface area contributed by atoms with E-state index in [9.17, 15) is 9.18 Å². The summed E-state index contributed by atoms with van der Waals surface area (Å²) in [5.41, 5.74) is 0.466. The Morgan fingerprint density at radius 1 is 1.44 bits per heavy atom. The highest BCUT2D eigenvalue weighted by Crippen LogP contribution is 2.29. The van der Waals surface area contributed by atoms with Gasteiger partial charge < -0.3 is 9.53 Å². The number of ether oxygens (including phenoxy) is 1. The second-order valence-electron chi connectivity index (χ2n) is 4.33. The van der Waals surface area contributed by atoms with Gasteiger partial charge >= 0.3 is 0 Å². The first-order chi connectivity index (χ1) is 7.51. The summed E-state index contributed by atoms with van der Waals surface area (Å²) in [6, 6.07) is 4.85. The largest absolute Gasteiger partial charge is 0.491 e. The number of carbonyl (C=O) groups is 1. The van der Waals surface area contributed by atoms with Gasteiger partial charge in [0.2, 0.25) is 0 Å². The van der Waals surface area contributed by atoms with Crippen molar-refractivity contribution < 1.29 is 13.9 Å². The van der Waals surface area contributed by atoms with E-state index in [1.807, 2.05) is 20.8 Å². The average molecular weight is 224 g/mol. The summed E-state index contributed by atoms with van der Waals surface area (Å²) < 4.78 is 18.7. The Kier molecular flexibility index (Phi) is 4.05. The van der Waals surface area contributed by atoms with Crippen molar-refractivity contribution in [2.45, 2.75) is 32.6 Å². The molecule has 16 heavy (non-hydrogen) atoms. The maximum atomic E-state index is 13.6. The average Bonchev–Trinajstić information content (AvgIpc) is 2.21. The zero-order valence-electron chi connectivity index (χ0n) is 9.92. The lowest BCUT2D eigenvalue weighted by molar-refractivity contribution is -0.108. The third-order valence-corrected chi connectivity index (χ3v) is 2.61. The van der Waals surface area contributed by atoms with Crippen molar-refractivity contribution in [3.8, 4) is 5.75 Å². The molecule has 1 aromatic carbocycles. The molecule has 88 valence electrons. The first-order valence-corrected chi connectivity index (χ1v) is 5.37. The van der Waals surface area contributed by atoms with Crippen LogP contribution >= 0.6 is 0 Å². The summed E-state index contributed by atoms with van der Waals surface area (Å²) in [5, 5.41) is 0. The molecule has 1 aromatic rings. The van der Waals surface area contributed by atoms with Gasteiger partial charge in [-0.25, -0.2) is 4.39 Å². The van der Waals surface area contributed by atoms with Gasteiger partial charge in [0.1, 0.15) is 6.29 Å². The van der Waals surface area contributed by atoms with Gasteiger partial charge in [-0.3, -0.25) is 0 Å². The summed E-state index contributed by atoms with van der Waals surface area (Å²) in [6.45, 7) is 6.07. The highest BCUT2D eigenvalue weighted by molar-refractivity contribution is 5.53. The van der Waals surface area contributed by atoms with Crippen molar-refractivity contribution in [2.75, 3.05) is 6.61 Å². The van der Waals surface area contributed by atoms with E-state index in [1.54, 1.807) is 12.1 Å². The molecule has 0 aliphatic rings. The summed E-state index contributed by atoms with van der Waals surface area (Å²) in [4.78, 5) is 10.5. The van der Waals surface area contributed by atoms with Crippen molar-refractivity contribution >= 4 is 6.29 Å². The molecule has 0 N–H and O–H groups in total. The van der Waals surface area contributed by atoms with E-state index in [1.165, 1.54) is 6.07 Å². The van der Waals surface area contributed by atoms with Gasteiger partial charge in [0.15, 0.2) is 11.6 Å². The predicted molar refractivity (Wildman–Crippen MR) is 61.3 cm³/mol. The van der Waals surface area contributed by atoms with Crippen molar-refractivity contribution in [1.29, 1.82) is 0 Å². The van der Waals surface area contributed by atoms with E-state index < -0.39 is 0 Å². The fraction of sp³-hybridized carbons (Fsp3) is 0.462. The number of hydrogen-bond donors (Lipinski definition) is 0.